The Morgan fingerprint density at radius 3 is 2.67 bits per heavy atom. The summed E-state index contributed by atoms with van der Waals surface area (Å²) in [6.45, 7) is 5.30. The molecule has 1 atom stereocenters. The molecule has 4 heteroatoms. The Hall–Kier alpha value is -0.220. The minimum absolute atomic E-state index is 0.216. The van der Waals surface area contributed by atoms with Crippen LogP contribution in [0.25, 0.3) is 0 Å². The van der Waals surface area contributed by atoms with Crippen LogP contribution < -0.4 is 5.32 Å². The highest BCUT2D eigenvalue weighted by molar-refractivity contribution is 7.96. The average Bonchev–Trinajstić information content (AvgIpc) is 2.37. The molecule has 0 aromatic rings. The highest BCUT2D eigenvalue weighted by Crippen LogP contribution is 2.07. The van der Waals surface area contributed by atoms with Crippen LogP contribution in [0.2, 0.25) is 0 Å². The van der Waals surface area contributed by atoms with Crippen LogP contribution in [0.1, 0.15) is 19.8 Å². The molecule has 1 saturated heterocycles. The fourth-order valence-electron chi connectivity index (χ4n) is 1.61. The summed E-state index contributed by atoms with van der Waals surface area (Å²) < 4.78 is 0. The van der Waals surface area contributed by atoms with E-state index in [1.807, 2.05) is 6.92 Å². The topological polar surface area (TPSA) is 32.3 Å². The third kappa shape index (κ3) is 3.45. The van der Waals surface area contributed by atoms with Gasteiger partial charge in [0.05, 0.1) is 0 Å². The van der Waals surface area contributed by atoms with Gasteiger partial charge in [0.2, 0.25) is 0 Å². The second-order valence-electron chi connectivity index (χ2n) is 3.36. The van der Waals surface area contributed by atoms with Gasteiger partial charge in [-0.05, 0) is 32.9 Å². The fourth-order valence-corrected chi connectivity index (χ4v) is 1.83. The van der Waals surface area contributed by atoms with E-state index in [0.29, 0.717) is 0 Å². The molecule has 0 aromatic carbocycles. The van der Waals surface area contributed by atoms with Gasteiger partial charge >= 0.3 is 0 Å². The largest absolute Gasteiger partial charge is 0.343 e. The summed E-state index contributed by atoms with van der Waals surface area (Å²) in [7, 11) is 0. The van der Waals surface area contributed by atoms with Gasteiger partial charge in [-0.25, -0.2) is 0 Å². The summed E-state index contributed by atoms with van der Waals surface area (Å²) in [6, 6.07) is 0.216. The molecule has 0 radical (unpaired) electrons. The second kappa shape index (κ2) is 4.72. The maximum atomic E-state index is 10.6. The van der Waals surface area contributed by atoms with Crippen molar-refractivity contribution < 1.29 is 4.79 Å². The monoisotopic (exact) mass is 188 g/mol. The standard InChI is InChI=1S/C8H16N2OS/c1-7(9-8(11)12)6-10-4-2-3-5-10/h7H,2-6H2,1H3,(H2,9,11,12)/t7-/m1/s1. The van der Waals surface area contributed by atoms with Gasteiger partial charge < -0.3 is 10.2 Å². The number of likely N-dealkylation sites (tertiary alicyclic amines) is 1. The molecule has 0 unspecified atom stereocenters. The summed E-state index contributed by atoms with van der Waals surface area (Å²) in [5.41, 5.74) is 0. The van der Waals surface area contributed by atoms with Crippen molar-refractivity contribution in [3.05, 3.63) is 0 Å². The molecule has 70 valence electrons. The SMILES string of the molecule is C[C@H](CN1CCCC1)NC(=O)S. The van der Waals surface area contributed by atoms with Crippen molar-refractivity contribution in [3.8, 4) is 0 Å². The number of carbonyl (C=O) groups is 1. The lowest BCUT2D eigenvalue weighted by atomic mass is 10.3. The Kier molecular flexibility index (Phi) is 3.88. The summed E-state index contributed by atoms with van der Waals surface area (Å²) in [4.78, 5) is 12.9. The molecule has 0 aromatic heterocycles. The third-order valence-corrected chi connectivity index (χ3v) is 2.23. The molecule has 1 rings (SSSR count). The van der Waals surface area contributed by atoms with Gasteiger partial charge in [0.15, 0.2) is 0 Å². The predicted octanol–water partition coefficient (Wildman–Crippen LogP) is 1.11. The normalized spacial score (nSPS) is 20.8. The second-order valence-corrected chi connectivity index (χ2v) is 3.76. The molecule has 0 bridgehead atoms. The van der Waals surface area contributed by atoms with Crippen molar-refractivity contribution in [1.82, 2.24) is 10.2 Å². The van der Waals surface area contributed by atoms with E-state index in [-0.39, 0.29) is 11.3 Å². The van der Waals surface area contributed by atoms with E-state index in [9.17, 15) is 4.79 Å². The maximum Gasteiger partial charge on any atom is 0.276 e. The van der Waals surface area contributed by atoms with Crippen molar-refractivity contribution in [3.63, 3.8) is 0 Å². The number of hydrogen-bond acceptors (Lipinski definition) is 2. The van der Waals surface area contributed by atoms with Crippen molar-refractivity contribution in [1.29, 1.82) is 0 Å². The van der Waals surface area contributed by atoms with Gasteiger partial charge in [-0.3, -0.25) is 4.79 Å². The van der Waals surface area contributed by atoms with Gasteiger partial charge in [0, 0.05) is 12.6 Å². The Bertz CT molecular complexity index is 157. The molecule has 1 aliphatic rings. The van der Waals surface area contributed by atoms with Crippen molar-refractivity contribution in [2.24, 2.45) is 0 Å². The molecule has 0 aliphatic carbocycles. The zero-order valence-corrected chi connectivity index (χ0v) is 8.31. The minimum Gasteiger partial charge on any atom is -0.343 e. The molecule has 1 N–H and O–H groups in total. The Morgan fingerprint density at radius 2 is 2.17 bits per heavy atom. The van der Waals surface area contributed by atoms with Gasteiger partial charge in [-0.15, -0.1) is 0 Å². The first-order chi connectivity index (χ1) is 5.68. The zero-order valence-electron chi connectivity index (χ0n) is 7.42. The van der Waals surface area contributed by atoms with E-state index in [4.69, 9.17) is 0 Å². The molecule has 0 saturated carbocycles. The number of amides is 1. The number of carbonyl (C=O) groups excluding carboxylic acids is 1. The molecule has 3 nitrogen and oxygen atoms in total. The lowest BCUT2D eigenvalue weighted by molar-refractivity contribution is 0.251. The van der Waals surface area contributed by atoms with E-state index in [1.54, 1.807) is 0 Å². The molecule has 1 amide bonds. The molecule has 12 heavy (non-hydrogen) atoms. The lowest BCUT2D eigenvalue weighted by Crippen LogP contribution is -2.38. The van der Waals surface area contributed by atoms with Crippen molar-refractivity contribution in [2.45, 2.75) is 25.8 Å². The van der Waals surface area contributed by atoms with Gasteiger partial charge in [0.1, 0.15) is 0 Å². The summed E-state index contributed by atoms with van der Waals surface area (Å²) >= 11 is 3.67. The summed E-state index contributed by atoms with van der Waals surface area (Å²) in [6.07, 6.45) is 2.59. The van der Waals surface area contributed by atoms with Gasteiger partial charge in [-0.2, -0.15) is 0 Å². The molecular formula is C8H16N2OS. The zero-order chi connectivity index (χ0) is 8.97. The quantitative estimate of drug-likeness (QED) is 0.650. The van der Waals surface area contributed by atoms with Crippen LogP contribution in [-0.4, -0.2) is 35.8 Å². The van der Waals surface area contributed by atoms with E-state index < -0.39 is 0 Å². The number of nitrogens with zero attached hydrogens (tertiary/aromatic N) is 1. The van der Waals surface area contributed by atoms with Gasteiger partial charge in [-0.1, -0.05) is 12.6 Å². The van der Waals surface area contributed by atoms with E-state index in [2.05, 4.69) is 22.8 Å². The fraction of sp³-hybridized carbons (Fsp3) is 0.875. The van der Waals surface area contributed by atoms with Crippen LogP contribution in [-0.2, 0) is 0 Å². The average molecular weight is 188 g/mol. The van der Waals surface area contributed by atoms with Crippen LogP contribution in [0.4, 0.5) is 4.79 Å². The first-order valence-corrected chi connectivity index (χ1v) is 4.85. The van der Waals surface area contributed by atoms with Gasteiger partial charge in [0.25, 0.3) is 5.24 Å². The summed E-state index contributed by atoms with van der Waals surface area (Å²) in [5.74, 6) is 0. The minimum atomic E-state index is -0.235. The molecule has 1 heterocycles. The van der Waals surface area contributed by atoms with E-state index >= 15 is 0 Å². The molecule has 1 aliphatic heterocycles. The van der Waals surface area contributed by atoms with Crippen molar-refractivity contribution in [2.75, 3.05) is 19.6 Å². The molecular weight excluding hydrogens is 172 g/mol. The maximum absolute atomic E-state index is 10.6. The number of nitrogens with one attached hydrogen (secondary N) is 1. The highest BCUT2D eigenvalue weighted by atomic mass is 32.1. The van der Waals surface area contributed by atoms with Crippen LogP contribution in [0.3, 0.4) is 0 Å². The number of hydrogen-bond donors (Lipinski definition) is 2. The van der Waals surface area contributed by atoms with E-state index in [0.717, 1.165) is 6.54 Å². The van der Waals surface area contributed by atoms with Crippen LogP contribution in [0.15, 0.2) is 0 Å². The smallest absolute Gasteiger partial charge is 0.276 e. The Morgan fingerprint density at radius 1 is 1.58 bits per heavy atom. The first-order valence-electron chi connectivity index (χ1n) is 4.40. The Balaban J connectivity index is 2.16. The molecule has 0 spiro atoms. The van der Waals surface area contributed by atoms with Crippen LogP contribution in [0, 0.1) is 0 Å². The van der Waals surface area contributed by atoms with Crippen LogP contribution in [0.5, 0.6) is 0 Å². The summed E-state index contributed by atoms with van der Waals surface area (Å²) in [5, 5.41) is 2.52. The van der Waals surface area contributed by atoms with E-state index in [1.165, 1.54) is 25.9 Å². The van der Waals surface area contributed by atoms with Crippen LogP contribution >= 0.6 is 12.6 Å². The Labute approximate surface area is 78.9 Å². The van der Waals surface area contributed by atoms with Crippen molar-refractivity contribution >= 4 is 17.9 Å². The predicted molar refractivity (Wildman–Crippen MR) is 52.7 cm³/mol. The molecule has 1 fully saturated rings. The third-order valence-electron chi connectivity index (χ3n) is 2.10. The number of thiol groups is 1. The lowest BCUT2D eigenvalue weighted by Gasteiger charge is -2.20. The first kappa shape index (κ1) is 9.86. The highest BCUT2D eigenvalue weighted by Gasteiger charge is 2.14. The number of rotatable bonds is 3.